The molecule has 0 aliphatic rings. The van der Waals surface area contributed by atoms with Gasteiger partial charge in [0.15, 0.2) is 16.6 Å². The molecule has 6 nitrogen and oxygen atoms in total. The van der Waals surface area contributed by atoms with Gasteiger partial charge in [0.1, 0.15) is 11.4 Å². The predicted octanol–water partition coefficient (Wildman–Crippen LogP) is 6.86. The first-order valence-electron chi connectivity index (χ1n) is 10.9. The summed E-state index contributed by atoms with van der Waals surface area (Å²) in [7, 11) is 0. The summed E-state index contributed by atoms with van der Waals surface area (Å²) < 4.78 is 14.0. The van der Waals surface area contributed by atoms with Crippen molar-refractivity contribution in [3.05, 3.63) is 69.2 Å². The summed E-state index contributed by atoms with van der Waals surface area (Å²) in [5.41, 5.74) is 9.64. The van der Waals surface area contributed by atoms with E-state index in [1.54, 1.807) is 6.92 Å². The fourth-order valence-corrected chi connectivity index (χ4v) is 4.71. The number of benzene rings is 2. The highest BCUT2D eigenvalue weighted by atomic mass is 79.9. The van der Waals surface area contributed by atoms with E-state index in [-0.39, 0.29) is 17.5 Å². The van der Waals surface area contributed by atoms with E-state index in [4.69, 9.17) is 26.5 Å². The number of aryl methyl sites for hydroxylation is 1. The summed E-state index contributed by atoms with van der Waals surface area (Å²) >= 11 is 10.1. The fraction of sp³-hybridized carbons (Fsp3) is 0.280. The van der Waals surface area contributed by atoms with Gasteiger partial charge in [0, 0.05) is 29.6 Å². The highest BCUT2D eigenvalue weighted by Gasteiger charge is 2.24. The molecule has 0 atom stereocenters. The average Bonchev–Trinajstić information content (AvgIpc) is 3.29. The number of carbonyl (C=O) groups excluding carboxylic acids is 1. The van der Waals surface area contributed by atoms with E-state index >= 15 is 0 Å². The molecule has 0 saturated carbocycles. The molecule has 0 unspecified atom stereocenters. The van der Waals surface area contributed by atoms with Crippen LogP contribution in [0.1, 0.15) is 48.6 Å². The standard InChI is InChI=1S/C25H25BrClN3O3/c1-3-5-10-20-29-24(27)22(25(31)32-4-2)30(20)14-15-11-12-19-17(13-15)21(26)23(33-19)16-8-6-7-9-18(16)28/h6-9,11-13H,3-5,10,14,28H2,1-2H3. The second-order valence-corrected chi connectivity index (χ2v) is 8.89. The number of ether oxygens (including phenoxy) is 1. The molecule has 2 aromatic carbocycles. The molecule has 0 aliphatic carbocycles. The fourth-order valence-electron chi connectivity index (χ4n) is 3.83. The van der Waals surface area contributed by atoms with Crippen LogP contribution in [0.15, 0.2) is 51.4 Å². The summed E-state index contributed by atoms with van der Waals surface area (Å²) in [5.74, 6) is 0.987. The number of unbranched alkanes of at least 4 members (excludes halogenated alkanes) is 1. The maximum Gasteiger partial charge on any atom is 0.358 e. The van der Waals surface area contributed by atoms with Crippen LogP contribution in [0.4, 0.5) is 5.69 Å². The van der Waals surface area contributed by atoms with Crippen molar-refractivity contribution in [1.82, 2.24) is 9.55 Å². The predicted molar refractivity (Wildman–Crippen MR) is 135 cm³/mol. The maximum absolute atomic E-state index is 12.6. The van der Waals surface area contributed by atoms with Crippen LogP contribution in [0.2, 0.25) is 5.15 Å². The Morgan fingerprint density at radius 1 is 1.24 bits per heavy atom. The van der Waals surface area contributed by atoms with Gasteiger partial charge in [-0.05, 0) is 59.1 Å². The quantitative estimate of drug-likeness (QED) is 0.199. The maximum atomic E-state index is 12.6. The third kappa shape index (κ3) is 4.66. The number of para-hydroxylation sites is 1. The summed E-state index contributed by atoms with van der Waals surface area (Å²) in [6.07, 6.45) is 2.69. The molecule has 0 aliphatic heterocycles. The molecule has 8 heteroatoms. The number of esters is 1. The summed E-state index contributed by atoms with van der Waals surface area (Å²) in [6, 6.07) is 13.5. The van der Waals surface area contributed by atoms with Crippen LogP contribution in [0.25, 0.3) is 22.3 Å². The number of anilines is 1. The summed E-state index contributed by atoms with van der Waals surface area (Å²) in [6.45, 7) is 4.59. The van der Waals surface area contributed by atoms with Crippen molar-refractivity contribution >= 4 is 50.2 Å². The Bertz CT molecular complexity index is 1310. The van der Waals surface area contributed by atoms with Crippen molar-refractivity contribution in [1.29, 1.82) is 0 Å². The number of hydrogen-bond acceptors (Lipinski definition) is 5. The average molecular weight is 531 g/mol. The van der Waals surface area contributed by atoms with E-state index in [1.165, 1.54) is 0 Å². The number of fused-ring (bicyclic) bond motifs is 1. The zero-order valence-corrected chi connectivity index (χ0v) is 20.9. The first-order valence-corrected chi connectivity index (χ1v) is 12.1. The molecule has 0 saturated heterocycles. The topological polar surface area (TPSA) is 83.3 Å². The molecule has 33 heavy (non-hydrogen) atoms. The molecule has 0 bridgehead atoms. The molecule has 0 radical (unpaired) electrons. The van der Waals surface area contributed by atoms with Gasteiger partial charge in [-0.1, -0.05) is 43.1 Å². The third-order valence-electron chi connectivity index (χ3n) is 5.46. The van der Waals surface area contributed by atoms with Crippen molar-refractivity contribution < 1.29 is 13.9 Å². The van der Waals surface area contributed by atoms with Crippen LogP contribution in [0, 0.1) is 0 Å². The zero-order valence-electron chi connectivity index (χ0n) is 18.5. The van der Waals surface area contributed by atoms with Gasteiger partial charge in [0.25, 0.3) is 0 Å². The highest BCUT2D eigenvalue weighted by molar-refractivity contribution is 9.10. The van der Waals surface area contributed by atoms with E-state index in [9.17, 15) is 4.79 Å². The third-order valence-corrected chi connectivity index (χ3v) is 6.52. The number of nitrogen functional groups attached to an aromatic ring is 1. The Kier molecular flexibility index (Phi) is 7.10. The Morgan fingerprint density at radius 2 is 2.03 bits per heavy atom. The van der Waals surface area contributed by atoms with Crippen LogP contribution in [-0.2, 0) is 17.7 Å². The molecular weight excluding hydrogens is 506 g/mol. The molecule has 4 rings (SSSR count). The van der Waals surface area contributed by atoms with Gasteiger partial charge in [-0.2, -0.15) is 0 Å². The first kappa shape index (κ1) is 23.4. The molecule has 0 amide bonds. The van der Waals surface area contributed by atoms with Crippen molar-refractivity contribution in [2.24, 2.45) is 0 Å². The van der Waals surface area contributed by atoms with Gasteiger partial charge in [-0.3, -0.25) is 0 Å². The molecule has 2 N–H and O–H groups in total. The lowest BCUT2D eigenvalue weighted by atomic mass is 10.1. The minimum Gasteiger partial charge on any atom is -0.461 e. The van der Waals surface area contributed by atoms with Crippen molar-refractivity contribution in [3.8, 4) is 11.3 Å². The molecule has 2 aromatic heterocycles. The minimum atomic E-state index is -0.467. The first-order chi connectivity index (χ1) is 15.9. The number of aromatic nitrogens is 2. The van der Waals surface area contributed by atoms with Crippen molar-refractivity contribution in [3.63, 3.8) is 0 Å². The lowest BCUT2D eigenvalue weighted by Gasteiger charge is -2.12. The van der Waals surface area contributed by atoms with Crippen molar-refractivity contribution in [2.45, 2.75) is 39.7 Å². The normalized spacial score (nSPS) is 11.3. The van der Waals surface area contributed by atoms with Crippen LogP contribution in [0.5, 0.6) is 0 Å². The van der Waals surface area contributed by atoms with E-state index in [2.05, 4.69) is 27.8 Å². The van der Waals surface area contributed by atoms with Gasteiger partial charge in [0.05, 0.1) is 11.1 Å². The summed E-state index contributed by atoms with van der Waals surface area (Å²) in [4.78, 5) is 17.1. The largest absolute Gasteiger partial charge is 0.461 e. The number of carbonyl (C=O) groups is 1. The number of nitrogens with zero attached hydrogens (tertiary/aromatic N) is 2. The Balaban J connectivity index is 1.75. The van der Waals surface area contributed by atoms with Gasteiger partial charge in [-0.25, -0.2) is 9.78 Å². The number of halogens is 2. The minimum absolute atomic E-state index is 0.173. The highest BCUT2D eigenvalue weighted by Crippen LogP contribution is 2.40. The molecule has 0 spiro atoms. The second-order valence-electron chi connectivity index (χ2n) is 7.74. The Labute approximate surface area is 205 Å². The number of hydrogen-bond donors (Lipinski definition) is 1. The molecular formula is C25H25BrClN3O3. The molecule has 2 heterocycles. The monoisotopic (exact) mass is 529 g/mol. The zero-order chi connectivity index (χ0) is 23.5. The Morgan fingerprint density at radius 3 is 2.76 bits per heavy atom. The second kappa shape index (κ2) is 10.0. The van der Waals surface area contributed by atoms with Crippen LogP contribution >= 0.6 is 27.5 Å². The van der Waals surface area contributed by atoms with Crippen LogP contribution in [-0.4, -0.2) is 22.1 Å². The summed E-state index contributed by atoms with van der Waals surface area (Å²) in [5, 5.41) is 1.09. The van der Waals surface area contributed by atoms with E-state index in [0.29, 0.717) is 18.0 Å². The number of imidazole rings is 1. The van der Waals surface area contributed by atoms with Crippen LogP contribution in [0.3, 0.4) is 0 Å². The Hall–Kier alpha value is -2.77. The van der Waals surface area contributed by atoms with Gasteiger partial charge in [0.2, 0.25) is 0 Å². The lowest BCUT2D eigenvalue weighted by molar-refractivity contribution is 0.0514. The number of furan rings is 1. The SMILES string of the molecule is CCCCc1nc(Cl)c(C(=O)OCC)n1Cc1ccc2oc(-c3ccccc3N)c(Br)c2c1. The van der Waals surface area contributed by atoms with E-state index < -0.39 is 5.97 Å². The molecule has 4 aromatic rings. The van der Waals surface area contributed by atoms with Gasteiger partial charge < -0.3 is 19.5 Å². The van der Waals surface area contributed by atoms with Crippen molar-refractivity contribution in [2.75, 3.05) is 12.3 Å². The molecule has 172 valence electrons. The number of rotatable bonds is 8. The van der Waals surface area contributed by atoms with Gasteiger partial charge >= 0.3 is 5.97 Å². The number of nitrogens with two attached hydrogens (primary N) is 1. The van der Waals surface area contributed by atoms with Crippen LogP contribution < -0.4 is 5.73 Å². The van der Waals surface area contributed by atoms with Gasteiger partial charge in [-0.15, -0.1) is 0 Å². The smallest absolute Gasteiger partial charge is 0.358 e. The molecule has 0 fully saturated rings. The lowest BCUT2D eigenvalue weighted by Crippen LogP contribution is -2.15. The van der Waals surface area contributed by atoms with E-state index in [1.807, 2.05) is 47.0 Å². The van der Waals surface area contributed by atoms with E-state index in [0.717, 1.165) is 51.7 Å².